The van der Waals surface area contributed by atoms with Gasteiger partial charge in [-0.15, -0.1) is 0 Å². The molecule has 3 heteroatoms. The van der Waals surface area contributed by atoms with E-state index in [1.807, 2.05) is 6.92 Å². The van der Waals surface area contributed by atoms with Gasteiger partial charge >= 0.3 is 16.6 Å². The van der Waals surface area contributed by atoms with Gasteiger partial charge in [-0.05, 0) is 6.92 Å². The maximum atomic E-state index is 4.97. The highest BCUT2D eigenvalue weighted by Crippen LogP contribution is 1.71. The third-order valence-corrected chi connectivity index (χ3v) is 1.04. The Bertz CT molecular complexity index is 28.9. The zero-order chi connectivity index (χ0) is 5.54. The molecule has 0 amide bonds. The monoisotopic (exact) mass is 118 g/mol. The van der Waals surface area contributed by atoms with E-state index in [-0.39, 0.29) is 0 Å². The van der Waals surface area contributed by atoms with Gasteiger partial charge in [-0.2, -0.15) is 0 Å². The van der Waals surface area contributed by atoms with Crippen LogP contribution in [-0.2, 0) is 8.53 Å². The second-order valence-electron chi connectivity index (χ2n) is 1.19. The van der Waals surface area contributed by atoms with Crippen LogP contribution in [0.5, 0.6) is 0 Å². The van der Waals surface area contributed by atoms with Crippen LogP contribution in [0.15, 0.2) is 0 Å². The van der Waals surface area contributed by atoms with Gasteiger partial charge in [0.2, 0.25) is 0 Å². The van der Waals surface area contributed by atoms with Crippen LogP contribution in [0.4, 0.5) is 0 Å². The molecule has 0 aromatic carbocycles. The molecule has 0 heterocycles. The lowest BCUT2D eigenvalue weighted by atomic mass is 10.8. The Hall–Kier alpha value is 0.452. The summed E-state index contributed by atoms with van der Waals surface area (Å²) in [5.41, 5.74) is 0. The first-order valence-corrected chi connectivity index (χ1v) is 3.30. The van der Waals surface area contributed by atoms with E-state index in [9.17, 15) is 0 Å². The molecule has 0 rings (SSSR count). The summed E-state index contributed by atoms with van der Waals surface area (Å²) in [6.45, 7) is 4.29. The zero-order valence-corrected chi connectivity index (χ0v) is 6.94. The molecule has 0 fully saturated rings. The summed E-state index contributed by atoms with van der Waals surface area (Å²) in [5.74, 6) is 0. The largest absolute Gasteiger partial charge is 0.504 e. The average molecular weight is 118 g/mol. The molecular formula is C4H11AlO2. The fraction of sp³-hybridized carbons (Fsp3) is 1.00. The van der Waals surface area contributed by atoms with Gasteiger partial charge in [0.25, 0.3) is 0 Å². The fourth-order valence-electron chi connectivity index (χ4n) is 0.287. The second kappa shape index (κ2) is 6.45. The molecule has 0 unspecified atom stereocenters. The molecule has 42 valence electrons. The second-order valence-corrected chi connectivity index (χ2v) is 1.77. The Balaban J connectivity index is 2.45. The lowest BCUT2D eigenvalue weighted by molar-refractivity contribution is 0.114. The van der Waals surface area contributed by atoms with Crippen LogP contribution >= 0.6 is 0 Å². The first kappa shape index (κ1) is 7.45. The van der Waals surface area contributed by atoms with Crippen molar-refractivity contribution in [2.45, 2.75) is 6.92 Å². The SMILES string of the molecule is CCOCC[O][AlH2]. The topological polar surface area (TPSA) is 18.5 Å². The van der Waals surface area contributed by atoms with Crippen LogP contribution in [0.1, 0.15) is 6.92 Å². The van der Waals surface area contributed by atoms with E-state index in [0.29, 0.717) is 0 Å². The van der Waals surface area contributed by atoms with Gasteiger partial charge in [0.05, 0.1) is 6.61 Å². The molecule has 7 heavy (non-hydrogen) atoms. The predicted octanol–water partition coefficient (Wildman–Crippen LogP) is -0.412. The molecule has 0 aliphatic heterocycles. The summed E-state index contributed by atoms with van der Waals surface area (Å²) in [6.07, 6.45) is 0. The minimum Gasteiger partial charge on any atom is -0.504 e. The Morgan fingerprint density at radius 1 is 1.43 bits per heavy atom. The van der Waals surface area contributed by atoms with Crippen LogP contribution in [0, 0.1) is 0 Å². The number of ether oxygens (including phenoxy) is 1. The van der Waals surface area contributed by atoms with E-state index >= 15 is 0 Å². The van der Waals surface area contributed by atoms with E-state index in [2.05, 4.69) is 0 Å². The van der Waals surface area contributed by atoms with Gasteiger partial charge in [0.15, 0.2) is 0 Å². The fourth-order valence-corrected chi connectivity index (χ4v) is 0.453. The number of hydrogen-bond donors (Lipinski definition) is 0. The van der Waals surface area contributed by atoms with Gasteiger partial charge in [0.1, 0.15) is 0 Å². The molecule has 0 aliphatic carbocycles. The van der Waals surface area contributed by atoms with Crippen LogP contribution in [0.25, 0.3) is 0 Å². The van der Waals surface area contributed by atoms with Crippen LogP contribution < -0.4 is 0 Å². The maximum absolute atomic E-state index is 4.97. The van der Waals surface area contributed by atoms with E-state index in [1.54, 1.807) is 0 Å². The molecule has 0 aromatic heterocycles. The molecule has 0 N–H and O–H groups in total. The van der Waals surface area contributed by atoms with E-state index < -0.39 is 0 Å². The highest BCUT2D eigenvalue weighted by atomic mass is 27.1. The van der Waals surface area contributed by atoms with Crippen molar-refractivity contribution in [1.29, 1.82) is 0 Å². The van der Waals surface area contributed by atoms with Crippen LogP contribution in [0.2, 0.25) is 0 Å². The summed E-state index contributed by atoms with van der Waals surface area (Å²) in [4.78, 5) is 0. The van der Waals surface area contributed by atoms with Crippen molar-refractivity contribution in [3.05, 3.63) is 0 Å². The third-order valence-electron chi connectivity index (χ3n) is 0.636. The van der Waals surface area contributed by atoms with Crippen molar-refractivity contribution in [1.82, 2.24) is 0 Å². The lowest BCUT2D eigenvalue weighted by Gasteiger charge is -1.97. The van der Waals surface area contributed by atoms with Crippen molar-refractivity contribution in [2.24, 2.45) is 0 Å². The Morgan fingerprint density at radius 3 is 2.57 bits per heavy atom. The molecule has 0 atom stereocenters. The normalized spacial score (nSPS) is 9.29. The van der Waals surface area contributed by atoms with Gasteiger partial charge in [-0.25, -0.2) is 0 Å². The van der Waals surface area contributed by atoms with Crippen molar-refractivity contribution in [2.75, 3.05) is 19.8 Å². The van der Waals surface area contributed by atoms with Crippen molar-refractivity contribution in [3.8, 4) is 0 Å². The molecule has 0 saturated carbocycles. The highest BCUT2D eigenvalue weighted by molar-refractivity contribution is 5.97. The average Bonchev–Trinajstić information content (AvgIpc) is 1.69. The molecular weight excluding hydrogens is 107 g/mol. The van der Waals surface area contributed by atoms with Gasteiger partial charge in [-0.1, -0.05) is 0 Å². The van der Waals surface area contributed by atoms with E-state index in [0.717, 1.165) is 36.4 Å². The van der Waals surface area contributed by atoms with Crippen molar-refractivity contribution in [3.63, 3.8) is 0 Å². The minimum absolute atomic E-state index is 0.750. The Labute approximate surface area is 52.6 Å². The quantitative estimate of drug-likeness (QED) is 0.369. The van der Waals surface area contributed by atoms with Crippen LogP contribution in [0.3, 0.4) is 0 Å². The van der Waals surface area contributed by atoms with E-state index in [4.69, 9.17) is 8.53 Å². The summed E-state index contributed by atoms with van der Waals surface area (Å²) in [6, 6.07) is 0. The first-order valence-electron chi connectivity index (χ1n) is 2.48. The Morgan fingerprint density at radius 2 is 2.14 bits per heavy atom. The summed E-state index contributed by atoms with van der Waals surface area (Å²) in [5, 5.41) is 0. The van der Waals surface area contributed by atoms with Crippen LogP contribution in [-0.4, -0.2) is 36.4 Å². The summed E-state index contributed by atoms with van der Waals surface area (Å²) in [7, 11) is 0. The van der Waals surface area contributed by atoms with Crippen molar-refractivity contribution >= 4 is 16.6 Å². The minimum atomic E-state index is 0.750. The standard InChI is InChI=1S/C4H9O2.Al.2H/c1-2-6-4-3-5;;;/h2-4H2,1H3;;;/q-1;+1;;. The molecule has 2 nitrogen and oxygen atoms in total. The molecule has 0 aliphatic rings. The molecule has 0 saturated heterocycles. The predicted molar refractivity (Wildman–Crippen MR) is 31.0 cm³/mol. The van der Waals surface area contributed by atoms with Gasteiger partial charge in [-0.3, -0.25) is 0 Å². The first-order chi connectivity index (χ1) is 3.41. The molecule has 0 aromatic rings. The summed E-state index contributed by atoms with van der Waals surface area (Å²) < 4.78 is 9.83. The van der Waals surface area contributed by atoms with E-state index in [1.165, 1.54) is 0 Å². The number of rotatable bonds is 4. The van der Waals surface area contributed by atoms with Gasteiger partial charge < -0.3 is 8.53 Å². The number of hydrogen-bond acceptors (Lipinski definition) is 2. The van der Waals surface area contributed by atoms with Crippen molar-refractivity contribution < 1.29 is 8.53 Å². The molecule has 0 bridgehead atoms. The maximum Gasteiger partial charge on any atom is 0.410 e. The Kier molecular flexibility index (Phi) is 6.87. The lowest BCUT2D eigenvalue weighted by Crippen LogP contribution is -2.00. The molecule has 0 spiro atoms. The zero-order valence-electron chi connectivity index (χ0n) is 4.94. The highest BCUT2D eigenvalue weighted by Gasteiger charge is 1.77. The van der Waals surface area contributed by atoms with Gasteiger partial charge in [0, 0.05) is 13.2 Å². The summed E-state index contributed by atoms with van der Waals surface area (Å²) >= 11 is 0.826. The third kappa shape index (κ3) is 6.45. The molecule has 0 radical (unpaired) electrons. The smallest absolute Gasteiger partial charge is 0.410 e.